The van der Waals surface area contributed by atoms with E-state index in [1.54, 1.807) is 12.1 Å². The van der Waals surface area contributed by atoms with Crippen LogP contribution in [0.2, 0.25) is 5.02 Å². The summed E-state index contributed by atoms with van der Waals surface area (Å²) in [5.41, 5.74) is 7.07. The fourth-order valence-corrected chi connectivity index (χ4v) is 1.78. The zero-order valence-corrected chi connectivity index (χ0v) is 8.97. The van der Waals surface area contributed by atoms with Crippen molar-refractivity contribution in [2.24, 2.45) is 5.73 Å². The number of rotatable bonds is 2. The molecule has 15 heavy (non-hydrogen) atoms. The number of anilines is 1. The van der Waals surface area contributed by atoms with Crippen LogP contribution >= 0.6 is 11.6 Å². The summed E-state index contributed by atoms with van der Waals surface area (Å²) in [6, 6.07) is 2.74. The average Bonchev–Trinajstić information content (AvgIpc) is 2.46. The molecular weight excluding hydrogens is 216 g/mol. The van der Waals surface area contributed by atoms with Gasteiger partial charge < -0.3 is 15.8 Å². The summed E-state index contributed by atoms with van der Waals surface area (Å²) >= 11 is 5.98. The molecule has 0 aromatic heterocycles. The van der Waals surface area contributed by atoms with Gasteiger partial charge in [0.1, 0.15) is 11.8 Å². The molecule has 4 nitrogen and oxygen atoms in total. The van der Waals surface area contributed by atoms with Crippen molar-refractivity contribution >= 4 is 23.2 Å². The molecule has 80 valence electrons. The molecule has 0 fully saturated rings. The van der Waals surface area contributed by atoms with E-state index in [-0.39, 0.29) is 5.91 Å². The van der Waals surface area contributed by atoms with Crippen LogP contribution in [0.4, 0.5) is 5.69 Å². The largest absolute Gasteiger partial charge is 0.492 e. The molecule has 5 heteroatoms. The van der Waals surface area contributed by atoms with Crippen molar-refractivity contribution in [2.75, 3.05) is 11.9 Å². The number of hydrogen-bond acceptors (Lipinski definition) is 3. The molecule has 0 saturated heterocycles. The van der Waals surface area contributed by atoms with E-state index in [0.29, 0.717) is 28.6 Å². The van der Waals surface area contributed by atoms with Crippen LogP contribution < -0.4 is 15.8 Å². The number of nitrogens with two attached hydrogens (primary N) is 1. The lowest BCUT2D eigenvalue weighted by Crippen LogP contribution is -2.19. The van der Waals surface area contributed by atoms with Crippen molar-refractivity contribution in [3.63, 3.8) is 0 Å². The van der Waals surface area contributed by atoms with Gasteiger partial charge in [-0.2, -0.15) is 0 Å². The third-order valence-corrected chi connectivity index (χ3v) is 2.57. The van der Waals surface area contributed by atoms with Crippen molar-refractivity contribution in [3.8, 4) is 5.75 Å². The Labute approximate surface area is 92.4 Å². The Hall–Kier alpha value is -1.26. The molecule has 1 heterocycles. The van der Waals surface area contributed by atoms with E-state index in [9.17, 15) is 4.79 Å². The molecule has 0 spiro atoms. The van der Waals surface area contributed by atoms with E-state index in [2.05, 4.69) is 5.32 Å². The first kappa shape index (κ1) is 10.3. The first-order valence-electron chi connectivity index (χ1n) is 4.66. The Bertz CT molecular complexity index is 420. The average molecular weight is 227 g/mol. The molecule has 1 aromatic rings. The lowest BCUT2D eigenvalue weighted by Gasteiger charge is -2.08. The highest BCUT2D eigenvalue weighted by molar-refractivity contribution is 6.32. The van der Waals surface area contributed by atoms with Crippen molar-refractivity contribution < 1.29 is 9.53 Å². The zero-order chi connectivity index (χ0) is 11.0. The van der Waals surface area contributed by atoms with Crippen molar-refractivity contribution in [3.05, 3.63) is 22.7 Å². The SMILES string of the molecule is CCOc1cc2c(cc1Cl)C(N)C(=O)N2. The van der Waals surface area contributed by atoms with Gasteiger partial charge in [-0.1, -0.05) is 11.6 Å². The normalized spacial score (nSPS) is 18.6. The third-order valence-electron chi connectivity index (χ3n) is 2.28. The van der Waals surface area contributed by atoms with Crippen LogP contribution in [0.1, 0.15) is 18.5 Å². The van der Waals surface area contributed by atoms with E-state index >= 15 is 0 Å². The highest BCUT2D eigenvalue weighted by Gasteiger charge is 2.28. The number of carbonyl (C=O) groups is 1. The van der Waals surface area contributed by atoms with E-state index in [1.807, 2.05) is 6.92 Å². The molecule has 1 aliphatic heterocycles. The monoisotopic (exact) mass is 226 g/mol. The third kappa shape index (κ3) is 1.66. The molecule has 0 aliphatic carbocycles. The fraction of sp³-hybridized carbons (Fsp3) is 0.300. The van der Waals surface area contributed by atoms with Crippen LogP contribution in [-0.4, -0.2) is 12.5 Å². The van der Waals surface area contributed by atoms with Gasteiger partial charge in [0.15, 0.2) is 0 Å². The number of hydrogen-bond donors (Lipinski definition) is 2. The summed E-state index contributed by atoms with van der Waals surface area (Å²) in [7, 11) is 0. The second-order valence-electron chi connectivity index (χ2n) is 3.27. The predicted molar refractivity (Wildman–Crippen MR) is 58.2 cm³/mol. The zero-order valence-electron chi connectivity index (χ0n) is 8.21. The Kier molecular flexibility index (Phi) is 2.54. The maximum Gasteiger partial charge on any atom is 0.245 e. The summed E-state index contributed by atoms with van der Waals surface area (Å²) in [4.78, 5) is 11.3. The molecule has 2 rings (SSSR count). The predicted octanol–water partition coefficient (Wildman–Crippen LogP) is 1.69. The summed E-state index contributed by atoms with van der Waals surface area (Å²) < 4.78 is 5.31. The quantitative estimate of drug-likeness (QED) is 0.807. The minimum atomic E-state index is -0.631. The van der Waals surface area contributed by atoms with Gasteiger partial charge in [-0.3, -0.25) is 4.79 Å². The molecule has 1 aliphatic rings. The topological polar surface area (TPSA) is 64.3 Å². The molecule has 0 saturated carbocycles. The number of benzene rings is 1. The first-order chi connectivity index (χ1) is 7.13. The molecule has 0 bridgehead atoms. The van der Waals surface area contributed by atoms with Gasteiger partial charge in [0.25, 0.3) is 0 Å². The highest BCUT2D eigenvalue weighted by Crippen LogP contribution is 2.37. The van der Waals surface area contributed by atoms with Crippen LogP contribution in [0.3, 0.4) is 0 Å². The van der Waals surface area contributed by atoms with Gasteiger partial charge in [-0.25, -0.2) is 0 Å². The molecular formula is C10H11ClN2O2. The molecule has 1 amide bonds. The van der Waals surface area contributed by atoms with Gasteiger partial charge >= 0.3 is 0 Å². The molecule has 1 atom stereocenters. The maximum absolute atomic E-state index is 11.3. The van der Waals surface area contributed by atoms with Gasteiger partial charge in [-0.15, -0.1) is 0 Å². The Morgan fingerprint density at radius 3 is 3.00 bits per heavy atom. The minimum Gasteiger partial charge on any atom is -0.492 e. The number of carbonyl (C=O) groups excluding carboxylic acids is 1. The van der Waals surface area contributed by atoms with Gasteiger partial charge in [0.05, 0.1) is 11.6 Å². The number of nitrogens with one attached hydrogen (secondary N) is 1. The number of halogens is 1. The minimum absolute atomic E-state index is 0.213. The summed E-state index contributed by atoms with van der Waals surface area (Å²) in [6.45, 7) is 2.40. The molecule has 3 N–H and O–H groups in total. The Morgan fingerprint density at radius 2 is 2.33 bits per heavy atom. The standard InChI is InChI=1S/C10H11ClN2O2/c1-2-15-8-4-7-5(3-6(8)11)9(12)10(14)13-7/h3-4,9H,2,12H2,1H3,(H,13,14). The lowest BCUT2D eigenvalue weighted by atomic mass is 10.1. The smallest absolute Gasteiger partial charge is 0.245 e. The van der Waals surface area contributed by atoms with Crippen LogP contribution in [0, 0.1) is 0 Å². The molecule has 1 unspecified atom stereocenters. The van der Waals surface area contributed by atoms with Gasteiger partial charge in [0, 0.05) is 17.3 Å². The highest BCUT2D eigenvalue weighted by atomic mass is 35.5. The Balaban J connectivity index is 2.44. The molecule has 1 aromatic carbocycles. The fourth-order valence-electron chi connectivity index (χ4n) is 1.55. The number of amides is 1. The van der Waals surface area contributed by atoms with Crippen molar-refractivity contribution in [2.45, 2.75) is 13.0 Å². The number of fused-ring (bicyclic) bond motifs is 1. The van der Waals surface area contributed by atoms with Crippen LogP contribution in [0.25, 0.3) is 0 Å². The van der Waals surface area contributed by atoms with Crippen molar-refractivity contribution in [1.29, 1.82) is 0 Å². The Morgan fingerprint density at radius 1 is 1.60 bits per heavy atom. The van der Waals surface area contributed by atoms with E-state index in [4.69, 9.17) is 22.1 Å². The second-order valence-corrected chi connectivity index (χ2v) is 3.68. The summed E-state index contributed by atoms with van der Waals surface area (Å²) in [5.74, 6) is 0.349. The van der Waals surface area contributed by atoms with Crippen LogP contribution in [0.5, 0.6) is 5.75 Å². The second kappa shape index (κ2) is 3.72. The van der Waals surface area contributed by atoms with E-state index in [1.165, 1.54) is 0 Å². The first-order valence-corrected chi connectivity index (χ1v) is 5.04. The lowest BCUT2D eigenvalue weighted by molar-refractivity contribution is -0.116. The van der Waals surface area contributed by atoms with E-state index in [0.717, 1.165) is 0 Å². The molecule has 0 radical (unpaired) electrons. The van der Waals surface area contributed by atoms with Crippen LogP contribution in [-0.2, 0) is 4.79 Å². The number of ether oxygens (including phenoxy) is 1. The van der Waals surface area contributed by atoms with Gasteiger partial charge in [-0.05, 0) is 13.0 Å². The van der Waals surface area contributed by atoms with Crippen LogP contribution in [0.15, 0.2) is 12.1 Å². The van der Waals surface area contributed by atoms with E-state index < -0.39 is 6.04 Å². The summed E-state index contributed by atoms with van der Waals surface area (Å²) in [6.07, 6.45) is 0. The van der Waals surface area contributed by atoms with Crippen molar-refractivity contribution in [1.82, 2.24) is 0 Å². The van der Waals surface area contributed by atoms with Gasteiger partial charge in [0.2, 0.25) is 5.91 Å². The maximum atomic E-state index is 11.3. The summed E-state index contributed by atoms with van der Waals surface area (Å²) in [5, 5.41) is 3.15.